The molecule has 6 rings (SSSR count). The molecule has 3 fully saturated rings. The number of piperidine rings is 1. The number of nitrogens with one attached hydrogen (secondary N) is 1. The zero-order chi connectivity index (χ0) is 26.1. The summed E-state index contributed by atoms with van der Waals surface area (Å²) in [6.45, 7) is 6.91. The molecule has 3 aromatic rings. The average Bonchev–Trinajstić information content (AvgIpc) is 3.49. The van der Waals surface area contributed by atoms with Crippen molar-refractivity contribution in [2.24, 2.45) is 11.8 Å². The Bertz CT molecular complexity index is 1400. The van der Waals surface area contributed by atoms with E-state index in [0.29, 0.717) is 40.0 Å². The number of carbonyl (C=O) groups excluding carboxylic acids is 2. The summed E-state index contributed by atoms with van der Waals surface area (Å²) in [6, 6.07) is 4.44. The number of fused-ring (bicyclic) bond motifs is 2. The second-order valence-electron chi connectivity index (χ2n) is 10.2. The summed E-state index contributed by atoms with van der Waals surface area (Å²) in [7, 11) is 0. The lowest BCUT2D eigenvalue weighted by atomic mass is 9.94. The van der Waals surface area contributed by atoms with E-state index in [4.69, 9.17) is 0 Å². The number of imide groups is 1. The quantitative estimate of drug-likeness (QED) is 0.504. The van der Waals surface area contributed by atoms with Crippen molar-refractivity contribution in [2.75, 3.05) is 19.6 Å². The Labute approximate surface area is 215 Å². The summed E-state index contributed by atoms with van der Waals surface area (Å²) in [5, 5.41) is 3.35. The number of benzene rings is 1. The zero-order valence-electron chi connectivity index (χ0n) is 20.4. The van der Waals surface area contributed by atoms with Gasteiger partial charge in [-0.25, -0.2) is 9.97 Å². The molecule has 3 unspecified atom stereocenters. The topological polar surface area (TPSA) is 78.4 Å². The first-order valence-corrected chi connectivity index (χ1v) is 13.2. The van der Waals surface area contributed by atoms with E-state index < -0.39 is 11.7 Å². The van der Waals surface area contributed by atoms with Crippen molar-refractivity contribution in [3.63, 3.8) is 0 Å². The van der Waals surface area contributed by atoms with Gasteiger partial charge < -0.3 is 5.32 Å². The van der Waals surface area contributed by atoms with Crippen LogP contribution >= 0.6 is 11.3 Å². The molecule has 1 N–H and O–H groups in total. The lowest BCUT2D eigenvalue weighted by molar-refractivity contribution is -0.142. The zero-order valence-corrected chi connectivity index (χ0v) is 21.2. The number of rotatable bonds is 5. The van der Waals surface area contributed by atoms with Crippen LogP contribution in [0, 0.1) is 18.8 Å². The van der Waals surface area contributed by atoms with Gasteiger partial charge in [-0.2, -0.15) is 13.2 Å². The Morgan fingerprint density at radius 3 is 2.57 bits per heavy atom. The van der Waals surface area contributed by atoms with Crippen molar-refractivity contribution in [1.29, 1.82) is 0 Å². The van der Waals surface area contributed by atoms with Crippen LogP contribution in [0.5, 0.6) is 0 Å². The minimum Gasteiger partial charge on any atom is -0.314 e. The highest BCUT2D eigenvalue weighted by Gasteiger charge is 2.58. The fourth-order valence-corrected chi connectivity index (χ4v) is 6.56. The summed E-state index contributed by atoms with van der Waals surface area (Å²) < 4.78 is 42.2. The van der Waals surface area contributed by atoms with Crippen LogP contribution in [0.1, 0.15) is 34.9 Å². The van der Waals surface area contributed by atoms with Gasteiger partial charge in [0.15, 0.2) is 0 Å². The first-order valence-electron chi connectivity index (χ1n) is 12.4. The SMILES string of the molecule is Cc1cc(C(F)(F)F)cc(-c2ncnc3cc(CN4C(=O)C5CC5C4=O)sc23)c1CN1CCNCC1C. The number of likely N-dealkylation sites (tertiary alicyclic amines) is 1. The molecule has 11 heteroatoms. The number of aryl methyl sites for hydroxylation is 1. The summed E-state index contributed by atoms with van der Waals surface area (Å²) >= 11 is 1.32. The monoisotopic (exact) mass is 529 g/mol. The number of halogens is 3. The van der Waals surface area contributed by atoms with Gasteiger partial charge in [-0.1, -0.05) is 0 Å². The maximum Gasteiger partial charge on any atom is 0.416 e. The number of alkyl halides is 3. The third-order valence-corrected chi connectivity index (χ3v) is 8.80. The van der Waals surface area contributed by atoms with Crippen molar-refractivity contribution in [1.82, 2.24) is 25.1 Å². The molecule has 2 aromatic heterocycles. The van der Waals surface area contributed by atoms with Gasteiger partial charge >= 0.3 is 6.18 Å². The van der Waals surface area contributed by atoms with Crippen molar-refractivity contribution in [3.05, 3.63) is 46.1 Å². The van der Waals surface area contributed by atoms with Gasteiger partial charge in [0.1, 0.15) is 6.33 Å². The van der Waals surface area contributed by atoms with E-state index in [2.05, 4.69) is 27.1 Å². The van der Waals surface area contributed by atoms with E-state index in [1.165, 1.54) is 34.7 Å². The summed E-state index contributed by atoms with van der Waals surface area (Å²) in [5.74, 6) is -0.639. The molecule has 0 radical (unpaired) electrons. The van der Waals surface area contributed by atoms with E-state index in [9.17, 15) is 22.8 Å². The van der Waals surface area contributed by atoms with Gasteiger partial charge in [-0.05, 0) is 49.6 Å². The van der Waals surface area contributed by atoms with Gasteiger partial charge in [-0.3, -0.25) is 19.4 Å². The molecule has 0 bridgehead atoms. The first kappa shape index (κ1) is 24.4. The molecular formula is C26H26F3N5O2S. The van der Waals surface area contributed by atoms with Crippen LogP contribution in [0.25, 0.3) is 21.5 Å². The molecule has 2 amide bonds. The van der Waals surface area contributed by atoms with Crippen molar-refractivity contribution < 1.29 is 22.8 Å². The maximum absolute atomic E-state index is 13.9. The lowest BCUT2D eigenvalue weighted by Gasteiger charge is -2.35. The third-order valence-electron chi connectivity index (χ3n) is 7.69. The largest absolute Gasteiger partial charge is 0.416 e. The minimum absolute atomic E-state index is 0.139. The van der Waals surface area contributed by atoms with Crippen LogP contribution in [-0.2, 0) is 28.9 Å². The van der Waals surface area contributed by atoms with Gasteiger partial charge in [0.2, 0.25) is 11.8 Å². The fraction of sp³-hybridized carbons (Fsp3) is 0.462. The average molecular weight is 530 g/mol. The van der Waals surface area contributed by atoms with Gasteiger partial charge in [0.25, 0.3) is 0 Å². The number of amides is 2. The molecule has 2 saturated heterocycles. The normalized spacial score (nSPS) is 24.2. The van der Waals surface area contributed by atoms with Crippen LogP contribution in [0.15, 0.2) is 24.5 Å². The number of hydrogen-bond acceptors (Lipinski definition) is 7. The molecule has 1 aliphatic carbocycles. The molecular weight excluding hydrogens is 503 g/mol. The summed E-state index contributed by atoms with van der Waals surface area (Å²) in [4.78, 5) is 38.0. The Balaban J connectivity index is 1.43. The fourth-order valence-electron chi connectivity index (χ4n) is 5.46. The number of aromatic nitrogens is 2. The number of hydrogen-bond donors (Lipinski definition) is 1. The standard InChI is InChI=1S/C26H26F3N5O2S/c1-13-5-15(26(27,28)29)6-17(20(13)11-33-4-3-30-9-14(33)2)22-23-21(31-12-32-22)7-16(37-23)10-34-24(35)18-8-19(18)25(34)36/h5-7,12,14,18-19,30H,3-4,8-11H2,1-2H3. The van der Waals surface area contributed by atoms with Crippen LogP contribution < -0.4 is 5.32 Å². The van der Waals surface area contributed by atoms with E-state index in [1.807, 2.05) is 0 Å². The van der Waals surface area contributed by atoms with Gasteiger partial charge in [0.05, 0.1) is 39.9 Å². The maximum atomic E-state index is 13.9. The Hall–Kier alpha value is -2.89. The molecule has 2 aliphatic heterocycles. The van der Waals surface area contributed by atoms with Crippen LogP contribution in [0.3, 0.4) is 0 Å². The predicted octanol–water partition coefficient (Wildman–Crippen LogP) is 3.98. The highest BCUT2D eigenvalue weighted by atomic mass is 32.1. The van der Waals surface area contributed by atoms with Crippen molar-refractivity contribution in [2.45, 2.75) is 45.6 Å². The van der Waals surface area contributed by atoms with E-state index in [0.717, 1.165) is 30.1 Å². The Morgan fingerprint density at radius 2 is 1.86 bits per heavy atom. The van der Waals surface area contributed by atoms with E-state index in [-0.39, 0.29) is 36.2 Å². The van der Waals surface area contributed by atoms with Crippen molar-refractivity contribution >= 4 is 33.4 Å². The van der Waals surface area contributed by atoms with Gasteiger partial charge in [0, 0.05) is 42.7 Å². The molecule has 194 valence electrons. The van der Waals surface area contributed by atoms with Crippen LogP contribution in [0.4, 0.5) is 13.2 Å². The molecule has 0 spiro atoms. The highest BCUT2D eigenvalue weighted by Crippen LogP contribution is 2.48. The third kappa shape index (κ3) is 4.32. The number of nitrogens with zero attached hydrogens (tertiary/aromatic N) is 4. The second kappa shape index (κ2) is 8.85. The van der Waals surface area contributed by atoms with Crippen LogP contribution in [-0.4, -0.2) is 57.3 Å². The Kier molecular flexibility index (Phi) is 5.85. The molecule has 3 aliphatic rings. The Morgan fingerprint density at radius 1 is 1.11 bits per heavy atom. The highest BCUT2D eigenvalue weighted by molar-refractivity contribution is 7.19. The first-order chi connectivity index (χ1) is 17.6. The van der Waals surface area contributed by atoms with Crippen LogP contribution in [0.2, 0.25) is 0 Å². The molecule has 1 saturated carbocycles. The molecule has 3 atom stereocenters. The second-order valence-corrected chi connectivity index (χ2v) is 11.3. The molecule has 37 heavy (non-hydrogen) atoms. The lowest BCUT2D eigenvalue weighted by Crippen LogP contribution is -2.49. The molecule has 1 aromatic carbocycles. The predicted molar refractivity (Wildman–Crippen MR) is 132 cm³/mol. The smallest absolute Gasteiger partial charge is 0.314 e. The number of thiophene rings is 1. The minimum atomic E-state index is -4.50. The van der Waals surface area contributed by atoms with E-state index in [1.54, 1.807) is 13.0 Å². The number of piperazine rings is 1. The van der Waals surface area contributed by atoms with Crippen molar-refractivity contribution in [3.8, 4) is 11.3 Å². The molecule has 7 nitrogen and oxygen atoms in total. The van der Waals surface area contributed by atoms with Gasteiger partial charge in [-0.15, -0.1) is 11.3 Å². The summed E-state index contributed by atoms with van der Waals surface area (Å²) in [5.41, 5.74) is 2.12. The summed E-state index contributed by atoms with van der Waals surface area (Å²) in [6.07, 6.45) is -2.49. The van der Waals surface area contributed by atoms with E-state index >= 15 is 0 Å². The molecule has 4 heterocycles. The number of carbonyl (C=O) groups is 2.